The van der Waals surface area contributed by atoms with Crippen LogP contribution in [0.1, 0.15) is 13.8 Å². The first kappa shape index (κ1) is 11.3. The first-order valence-electron chi connectivity index (χ1n) is 4.08. The minimum atomic E-state index is -0.922. The molecule has 0 saturated carbocycles. The van der Waals surface area contributed by atoms with E-state index in [1.165, 1.54) is 11.3 Å². The van der Waals surface area contributed by atoms with E-state index in [1.54, 1.807) is 31.9 Å². The molecule has 1 rings (SSSR count). The Kier molecular flexibility index (Phi) is 3.07. The van der Waals surface area contributed by atoms with Gasteiger partial charge in [0.2, 0.25) is 0 Å². The van der Waals surface area contributed by atoms with Crippen molar-refractivity contribution in [3.8, 4) is 0 Å². The second-order valence-electron chi connectivity index (χ2n) is 3.50. The smallest absolute Gasteiger partial charge is 0.328 e. The predicted molar refractivity (Wildman–Crippen MR) is 59.4 cm³/mol. The molecule has 14 heavy (non-hydrogen) atoms. The van der Waals surface area contributed by atoms with Gasteiger partial charge in [0.15, 0.2) is 0 Å². The maximum absolute atomic E-state index is 11.0. The lowest BCUT2D eigenvalue weighted by Crippen LogP contribution is -2.47. The summed E-state index contributed by atoms with van der Waals surface area (Å²) in [5.74, 6) is -0.857. The van der Waals surface area contributed by atoms with E-state index in [0.717, 1.165) is 5.00 Å². The molecule has 0 bridgehead atoms. The second kappa shape index (κ2) is 3.79. The number of carboxylic acids is 1. The monoisotopic (exact) mass is 233 g/mol. The fourth-order valence-electron chi connectivity index (χ4n) is 0.904. The van der Waals surface area contributed by atoms with Crippen molar-refractivity contribution < 1.29 is 9.90 Å². The van der Waals surface area contributed by atoms with Crippen LogP contribution in [0.2, 0.25) is 4.34 Å². The lowest BCUT2D eigenvalue weighted by molar-refractivity contribution is -0.141. The van der Waals surface area contributed by atoms with Gasteiger partial charge in [-0.1, -0.05) is 11.6 Å². The molecular weight excluding hydrogens is 222 g/mol. The number of aliphatic carboxylic acids is 1. The molecule has 0 unspecified atom stereocenters. The van der Waals surface area contributed by atoms with Crippen LogP contribution in [0.25, 0.3) is 0 Å². The fourth-order valence-corrected chi connectivity index (χ4v) is 2.04. The zero-order valence-corrected chi connectivity index (χ0v) is 9.82. The zero-order chi connectivity index (χ0) is 10.9. The highest BCUT2D eigenvalue weighted by atomic mass is 35.5. The molecule has 0 amide bonds. The highest BCUT2D eigenvalue weighted by molar-refractivity contribution is 7.19. The molecular formula is C9H12ClNO2S. The van der Waals surface area contributed by atoms with Crippen molar-refractivity contribution >= 4 is 33.9 Å². The molecule has 0 aliphatic rings. The van der Waals surface area contributed by atoms with E-state index in [-0.39, 0.29) is 0 Å². The van der Waals surface area contributed by atoms with Crippen LogP contribution < -0.4 is 4.90 Å². The number of hydrogen-bond donors (Lipinski definition) is 1. The first-order valence-corrected chi connectivity index (χ1v) is 5.27. The predicted octanol–water partition coefficient (Wildman–Crippen LogP) is 2.70. The van der Waals surface area contributed by atoms with E-state index < -0.39 is 11.5 Å². The van der Waals surface area contributed by atoms with Crippen LogP contribution in [0, 0.1) is 0 Å². The van der Waals surface area contributed by atoms with Gasteiger partial charge >= 0.3 is 5.97 Å². The number of carboxylic acid groups (broad SMARTS) is 1. The molecule has 5 heteroatoms. The highest BCUT2D eigenvalue weighted by Gasteiger charge is 2.32. The fraction of sp³-hybridized carbons (Fsp3) is 0.444. The normalized spacial score (nSPS) is 11.4. The van der Waals surface area contributed by atoms with Crippen LogP contribution >= 0.6 is 22.9 Å². The maximum Gasteiger partial charge on any atom is 0.328 e. The van der Waals surface area contributed by atoms with Crippen molar-refractivity contribution in [3.05, 3.63) is 16.5 Å². The Morgan fingerprint density at radius 2 is 2.14 bits per heavy atom. The summed E-state index contributed by atoms with van der Waals surface area (Å²) in [6, 6.07) is 3.58. The number of hydrogen-bond acceptors (Lipinski definition) is 3. The maximum atomic E-state index is 11.0. The quantitative estimate of drug-likeness (QED) is 0.873. The Balaban J connectivity index is 2.95. The van der Waals surface area contributed by atoms with Gasteiger partial charge in [-0.15, -0.1) is 11.3 Å². The summed E-state index contributed by atoms with van der Waals surface area (Å²) in [6.45, 7) is 3.31. The molecule has 3 nitrogen and oxygen atoms in total. The zero-order valence-electron chi connectivity index (χ0n) is 8.24. The Bertz CT molecular complexity index is 348. The summed E-state index contributed by atoms with van der Waals surface area (Å²) in [5.41, 5.74) is -0.922. The minimum Gasteiger partial charge on any atom is -0.480 e. The van der Waals surface area contributed by atoms with E-state index in [0.29, 0.717) is 4.34 Å². The number of carbonyl (C=O) groups is 1. The van der Waals surface area contributed by atoms with Crippen molar-refractivity contribution in [2.45, 2.75) is 19.4 Å². The second-order valence-corrected chi connectivity index (χ2v) is 5.19. The minimum absolute atomic E-state index is 0.660. The Hall–Kier alpha value is -0.740. The Labute approximate surface area is 91.9 Å². The SMILES string of the molecule is CN(c1ccc(Cl)s1)C(C)(C)C(=O)O. The van der Waals surface area contributed by atoms with Gasteiger partial charge in [0, 0.05) is 7.05 Å². The van der Waals surface area contributed by atoms with Crippen LogP contribution in [0.15, 0.2) is 12.1 Å². The molecule has 0 saturated heterocycles. The van der Waals surface area contributed by atoms with Crippen molar-refractivity contribution in [1.82, 2.24) is 0 Å². The van der Waals surface area contributed by atoms with Gasteiger partial charge < -0.3 is 10.0 Å². The summed E-state index contributed by atoms with van der Waals surface area (Å²) < 4.78 is 0.660. The summed E-state index contributed by atoms with van der Waals surface area (Å²) in [4.78, 5) is 12.7. The third kappa shape index (κ3) is 2.01. The molecule has 78 valence electrons. The molecule has 0 spiro atoms. The van der Waals surface area contributed by atoms with E-state index in [1.807, 2.05) is 6.07 Å². The molecule has 1 aromatic heterocycles. The number of anilines is 1. The number of rotatable bonds is 3. The first-order chi connectivity index (χ1) is 6.35. The van der Waals surface area contributed by atoms with Gasteiger partial charge in [0.25, 0.3) is 0 Å². The van der Waals surface area contributed by atoms with Crippen LogP contribution in [-0.2, 0) is 4.79 Å². The summed E-state index contributed by atoms with van der Waals surface area (Å²) in [7, 11) is 1.75. The number of thiophene rings is 1. The molecule has 1 heterocycles. The summed E-state index contributed by atoms with van der Waals surface area (Å²) >= 11 is 7.15. The summed E-state index contributed by atoms with van der Waals surface area (Å²) in [6.07, 6.45) is 0. The number of nitrogens with zero attached hydrogens (tertiary/aromatic N) is 1. The molecule has 1 aromatic rings. The molecule has 0 aliphatic heterocycles. The van der Waals surface area contributed by atoms with Gasteiger partial charge in [-0.2, -0.15) is 0 Å². The van der Waals surface area contributed by atoms with Gasteiger partial charge in [-0.25, -0.2) is 4.79 Å². The summed E-state index contributed by atoms with van der Waals surface area (Å²) in [5, 5.41) is 9.86. The third-order valence-corrected chi connectivity index (χ3v) is 3.56. The molecule has 0 atom stereocenters. The van der Waals surface area contributed by atoms with Crippen molar-refractivity contribution in [2.75, 3.05) is 11.9 Å². The Morgan fingerprint density at radius 3 is 2.50 bits per heavy atom. The topological polar surface area (TPSA) is 40.5 Å². The lowest BCUT2D eigenvalue weighted by atomic mass is 10.0. The standard InChI is InChI=1S/C9H12ClNO2S/c1-9(2,8(12)13)11(3)7-5-4-6(10)14-7/h4-5H,1-3H3,(H,12,13). The molecule has 0 aliphatic carbocycles. The van der Waals surface area contributed by atoms with E-state index in [4.69, 9.17) is 16.7 Å². The van der Waals surface area contributed by atoms with Gasteiger partial charge in [-0.3, -0.25) is 0 Å². The van der Waals surface area contributed by atoms with E-state index in [9.17, 15) is 4.79 Å². The van der Waals surface area contributed by atoms with Gasteiger partial charge in [0.1, 0.15) is 5.54 Å². The van der Waals surface area contributed by atoms with Crippen LogP contribution in [-0.4, -0.2) is 23.7 Å². The Morgan fingerprint density at radius 1 is 1.57 bits per heavy atom. The van der Waals surface area contributed by atoms with Crippen molar-refractivity contribution in [2.24, 2.45) is 0 Å². The third-order valence-electron chi connectivity index (χ3n) is 2.25. The number of halogens is 1. The largest absolute Gasteiger partial charge is 0.480 e. The average molecular weight is 234 g/mol. The van der Waals surface area contributed by atoms with E-state index in [2.05, 4.69) is 0 Å². The average Bonchev–Trinajstić information content (AvgIpc) is 2.50. The number of likely N-dealkylation sites (N-methyl/N-ethyl adjacent to an activating group) is 1. The van der Waals surface area contributed by atoms with Crippen molar-refractivity contribution in [3.63, 3.8) is 0 Å². The lowest BCUT2D eigenvalue weighted by Gasteiger charge is -2.32. The molecule has 0 aromatic carbocycles. The molecule has 0 radical (unpaired) electrons. The van der Waals surface area contributed by atoms with Gasteiger partial charge in [-0.05, 0) is 26.0 Å². The van der Waals surface area contributed by atoms with Gasteiger partial charge in [0.05, 0.1) is 9.34 Å². The van der Waals surface area contributed by atoms with Crippen LogP contribution in [0.4, 0.5) is 5.00 Å². The highest BCUT2D eigenvalue weighted by Crippen LogP contribution is 2.32. The van der Waals surface area contributed by atoms with Crippen LogP contribution in [0.3, 0.4) is 0 Å². The van der Waals surface area contributed by atoms with E-state index >= 15 is 0 Å². The molecule has 0 fully saturated rings. The van der Waals surface area contributed by atoms with Crippen LogP contribution in [0.5, 0.6) is 0 Å². The van der Waals surface area contributed by atoms with Crippen molar-refractivity contribution in [1.29, 1.82) is 0 Å². The molecule has 1 N–H and O–H groups in total.